The second-order valence-electron chi connectivity index (χ2n) is 9.54. The van der Waals surface area contributed by atoms with E-state index in [0.29, 0.717) is 32.0 Å². The minimum Gasteiger partial charge on any atom is -0.478 e. The minimum atomic E-state index is -1.26. The lowest BCUT2D eigenvalue weighted by atomic mass is 9.88. The van der Waals surface area contributed by atoms with Gasteiger partial charge in [-0.15, -0.1) is 0 Å². The summed E-state index contributed by atoms with van der Waals surface area (Å²) in [5, 5.41) is 9.30. The van der Waals surface area contributed by atoms with Gasteiger partial charge < -0.3 is 19.3 Å². The molecule has 0 bridgehead atoms. The number of carboxylic acids is 1. The molecule has 1 N–H and O–H groups in total. The zero-order valence-corrected chi connectivity index (χ0v) is 19.9. The molecule has 2 aliphatic rings. The summed E-state index contributed by atoms with van der Waals surface area (Å²) in [7, 11) is 1.40. The van der Waals surface area contributed by atoms with E-state index in [1.807, 2.05) is 0 Å². The van der Waals surface area contributed by atoms with E-state index in [9.17, 15) is 19.1 Å². The molecule has 7 nitrogen and oxygen atoms in total. The highest BCUT2D eigenvalue weighted by Gasteiger charge is 2.28. The van der Waals surface area contributed by atoms with Crippen LogP contribution in [0.3, 0.4) is 0 Å². The number of carboxylic acid groups (broad SMARTS) is 1. The minimum absolute atomic E-state index is 0.303. The Balaban J connectivity index is 1.53. The average Bonchev–Trinajstić information content (AvgIpc) is 3.26. The third-order valence-corrected chi connectivity index (χ3v) is 7.44. The van der Waals surface area contributed by atoms with Crippen LogP contribution in [-0.4, -0.2) is 45.3 Å². The van der Waals surface area contributed by atoms with Gasteiger partial charge in [0, 0.05) is 24.6 Å². The van der Waals surface area contributed by atoms with Crippen LogP contribution in [0.2, 0.25) is 0 Å². The monoisotopic (exact) mass is 479 g/mol. The number of carbonyl (C=O) groups excluding carboxylic acids is 1. The van der Waals surface area contributed by atoms with Crippen LogP contribution in [-0.2, 0) is 30.7 Å². The summed E-state index contributed by atoms with van der Waals surface area (Å²) in [5.74, 6) is -0.556. The van der Waals surface area contributed by atoms with Crippen LogP contribution in [0.25, 0.3) is 11.0 Å². The summed E-state index contributed by atoms with van der Waals surface area (Å²) in [5.41, 5.74) is 4.71. The number of hydrogen-bond acceptors (Lipinski definition) is 4. The summed E-state index contributed by atoms with van der Waals surface area (Å²) in [6, 6.07) is 8.55. The standard InChI is InChI=1S/C27H30FN3O4/c1-35-27(34)30-13-12-18-8-10-23-24(21(18)16-30)29-25(19-5-3-2-4-6-19)31(23)14-11-17-7-9-22(28)20(15-17)26(32)33/h7-10,15,19H,2-6,11-14,16H2,1H3,(H,32,33). The molecular weight excluding hydrogens is 449 g/mol. The van der Waals surface area contributed by atoms with Crippen molar-refractivity contribution in [2.45, 2.75) is 64.0 Å². The van der Waals surface area contributed by atoms with E-state index >= 15 is 0 Å². The van der Waals surface area contributed by atoms with E-state index in [1.54, 1.807) is 11.0 Å². The number of nitrogens with zero attached hydrogens (tertiary/aromatic N) is 3. The molecule has 0 spiro atoms. The van der Waals surface area contributed by atoms with Crippen LogP contribution >= 0.6 is 0 Å². The molecule has 5 rings (SSSR count). The number of carbonyl (C=O) groups is 2. The van der Waals surface area contributed by atoms with Crippen LogP contribution in [0, 0.1) is 5.82 Å². The predicted molar refractivity (Wildman–Crippen MR) is 129 cm³/mol. The van der Waals surface area contributed by atoms with Gasteiger partial charge in [-0.2, -0.15) is 0 Å². The fourth-order valence-corrected chi connectivity index (χ4v) is 5.57. The molecule has 1 aromatic heterocycles. The first kappa shape index (κ1) is 23.3. The van der Waals surface area contributed by atoms with Gasteiger partial charge in [-0.05, 0) is 55.0 Å². The van der Waals surface area contributed by atoms with Crippen molar-refractivity contribution in [3.8, 4) is 0 Å². The number of methoxy groups -OCH3 is 1. The van der Waals surface area contributed by atoms with Crippen molar-refractivity contribution in [1.29, 1.82) is 0 Å². The first-order valence-corrected chi connectivity index (χ1v) is 12.3. The lowest BCUT2D eigenvalue weighted by Crippen LogP contribution is -2.35. The molecule has 35 heavy (non-hydrogen) atoms. The predicted octanol–water partition coefficient (Wildman–Crippen LogP) is 5.29. The molecule has 0 radical (unpaired) electrons. The second kappa shape index (κ2) is 9.68. The molecule has 0 saturated heterocycles. The topological polar surface area (TPSA) is 84.7 Å². The SMILES string of the molecule is COC(=O)N1CCc2ccc3c(nc(C4CCCCC4)n3CCc3ccc(F)c(C(=O)O)c3)c2C1. The molecule has 8 heteroatoms. The number of imidazole rings is 1. The highest BCUT2D eigenvalue weighted by Crippen LogP contribution is 2.36. The Morgan fingerprint density at radius 2 is 1.97 bits per heavy atom. The van der Waals surface area contributed by atoms with Crippen molar-refractivity contribution in [2.75, 3.05) is 13.7 Å². The fraction of sp³-hybridized carbons (Fsp3) is 0.444. The van der Waals surface area contributed by atoms with Crippen molar-refractivity contribution in [2.24, 2.45) is 0 Å². The Morgan fingerprint density at radius 1 is 1.17 bits per heavy atom. The zero-order valence-electron chi connectivity index (χ0n) is 19.9. The summed E-state index contributed by atoms with van der Waals surface area (Å²) in [6.45, 7) is 1.71. The number of halogens is 1. The second-order valence-corrected chi connectivity index (χ2v) is 9.54. The van der Waals surface area contributed by atoms with Crippen LogP contribution in [0.4, 0.5) is 9.18 Å². The van der Waals surface area contributed by atoms with E-state index in [0.717, 1.165) is 47.2 Å². The van der Waals surface area contributed by atoms with Crippen molar-refractivity contribution in [1.82, 2.24) is 14.5 Å². The van der Waals surface area contributed by atoms with Gasteiger partial charge in [-0.25, -0.2) is 19.0 Å². The Hall–Kier alpha value is -3.42. The van der Waals surface area contributed by atoms with Gasteiger partial charge in [-0.1, -0.05) is 31.4 Å². The normalized spacial score (nSPS) is 16.3. The number of hydrogen-bond donors (Lipinski definition) is 1. The van der Waals surface area contributed by atoms with Crippen molar-refractivity contribution in [3.05, 3.63) is 64.2 Å². The Labute approximate surface area is 203 Å². The van der Waals surface area contributed by atoms with Gasteiger partial charge >= 0.3 is 12.1 Å². The quantitative estimate of drug-likeness (QED) is 0.538. The van der Waals surface area contributed by atoms with Crippen LogP contribution in [0.1, 0.15) is 70.9 Å². The molecule has 2 heterocycles. The Morgan fingerprint density at radius 3 is 2.71 bits per heavy atom. The number of benzene rings is 2. The maximum atomic E-state index is 13.9. The van der Waals surface area contributed by atoms with Gasteiger partial charge in [0.25, 0.3) is 0 Å². The van der Waals surface area contributed by atoms with E-state index in [2.05, 4.69) is 16.7 Å². The lowest BCUT2D eigenvalue weighted by molar-refractivity contribution is 0.0691. The van der Waals surface area contributed by atoms with Gasteiger partial charge in [0.15, 0.2) is 0 Å². The van der Waals surface area contributed by atoms with Gasteiger partial charge in [0.2, 0.25) is 0 Å². The number of fused-ring (bicyclic) bond motifs is 3. The summed E-state index contributed by atoms with van der Waals surface area (Å²) < 4.78 is 21.1. The number of aromatic nitrogens is 2. The number of amides is 1. The maximum Gasteiger partial charge on any atom is 0.409 e. The third kappa shape index (κ3) is 4.49. The molecule has 3 aromatic rings. The van der Waals surface area contributed by atoms with Crippen molar-refractivity contribution in [3.63, 3.8) is 0 Å². The lowest BCUT2D eigenvalue weighted by Gasteiger charge is -2.27. The number of aryl methyl sites for hydroxylation is 2. The molecule has 1 aliphatic carbocycles. The highest BCUT2D eigenvalue weighted by molar-refractivity contribution is 5.88. The third-order valence-electron chi connectivity index (χ3n) is 7.44. The van der Waals surface area contributed by atoms with Gasteiger partial charge in [0.1, 0.15) is 11.6 Å². The first-order chi connectivity index (χ1) is 17.0. The van der Waals surface area contributed by atoms with Crippen molar-refractivity contribution >= 4 is 23.1 Å². The molecule has 184 valence electrons. The van der Waals surface area contributed by atoms with Gasteiger partial charge in [0.05, 0.1) is 30.3 Å². The van der Waals surface area contributed by atoms with Gasteiger partial charge in [-0.3, -0.25) is 0 Å². The molecule has 0 atom stereocenters. The summed E-state index contributed by atoms with van der Waals surface area (Å²) in [6.07, 6.45) is 6.80. The molecular formula is C27H30FN3O4. The number of rotatable bonds is 5. The largest absolute Gasteiger partial charge is 0.478 e. The van der Waals surface area contributed by atoms with Crippen LogP contribution in [0.5, 0.6) is 0 Å². The van der Waals surface area contributed by atoms with Crippen LogP contribution in [0.15, 0.2) is 30.3 Å². The van der Waals surface area contributed by atoms with E-state index in [1.165, 1.54) is 44.1 Å². The summed E-state index contributed by atoms with van der Waals surface area (Å²) >= 11 is 0. The van der Waals surface area contributed by atoms with Crippen molar-refractivity contribution < 1.29 is 23.8 Å². The smallest absolute Gasteiger partial charge is 0.409 e. The molecule has 1 fully saturated rings. The number of ether oxygens (including phenoxy) is 1. The molecule has 2 aromatic carbocycles. The van der Waals surface area contributed by atoms with E-state index in [-0.39, 0.29) is 11.7 Å². The fourth-order valence-electron chi connectivity index (χ4n) is 5.57. The Bertz CT molecular complexity index is 1280. The first-order valence-electron chi connectivity index (χ1n) is 12.3. The molecule has 1 saturated carbocycles. The molecule has 0 unspecified atom stereocenters. The van der Waals surface area contributed by atoms with Crippen LogP contribution < -0.4 is 0 Å². The summed E-state index contributed by atoms with van der Waals surface area (Å²) in [4.78, 5) is 30.5. The maximum absolute atomic E-state index is 13.9. The molecule has 1 amide bonds. The van der Waals surface area contributed by atoms with E-state index in [4.69, 9.17) is 9.72 Å². The number of aromatic carboxylic acids is 1. The zero-order chi connectivity index (χ0) is 24.5. The average molecular weight is 480 g/mol. The van der Waals surface area contributed by atoms with E-state index < -0.39 is 11.8 Å². The molecule has 1 aliphatic heterocycles. The highest BCUT2D eigenvalue weighted by atomic mass is 19.1. The Kier molecular flexibility index (Phi) is 6.45.